The van der Waals surface area contributed by atoms with E-state index in [2.05, 4.69) is 20.9 Å². The van der Waals surface area contributed by atoms with Crippen LogP contribution >= 0.6 is 15.9 Å². The maximum atomic E-state index is 11.4. The predicted molar refractivity (Wildman–Crippen MR) is 51.6 cm³/mol. The minimum atomic E-state index is -0.179. The van der Waals surface area contributed by atoms with Gasteiger partial charge < -0.3 is 0 Å². The molecule has 4 heteroatoms. The third-order valence-electron chi connectivity index (χ3n) is 1.48. The molecule has 68 valence electrons. The summed E-state index contributed by atoms with van der Waals surface area (Å²) in [5.41, 5.74) is 0.505. The van der Waals surface area contributed by atoms with Gasteiger partial charge in [0.1, 0.15) is 5.78 Å². The first kappa shape index (κ1) is 10.1. The molecule has 0 spiro atoms. The van der Waals surface area contributed by atoms with Crippen LogP contribution in [0.3, 0.4) is 0 Å². The molecule has 0 saturated heterocycles. The van der Waals surface area contributed by atoms with Crippen molar-refractivity contribution in [2.45, 2.75) is 13.3 Å². The number of carbonyl (C=O) groups is 2. The van der Waals surface area contributed by atoms with E-state index in [1.165, 1.54) is 19.3 Å². The molecule has 1 rings (SSSR count). The fourth-order valence-corrected chi connectivity index (χ4v) is 1.39. The Balaban J connectivity index is 2.89. The lowest BCUT2D eigenvalue weighted by molar-refractivity contribution is -0.116. The highest BCUT2D eigenvalue weighted by Crippen LogP contribution is 2.16. The van der Waals surface area contributed by atoms with Gasteiger partial charge in [-0.3, -0.25) is 14.6 Å². The Kier molecular flexibility index (Phi) is 3.31. The average Bonchev–Trinajstić information content (AvgIpc) is 2.03. The zero-order valence-electron chi connectivity index (χ0n) is 7.08. The molecule has 0 atom stereocenters. The van der Waals surface area contributed by atoms with Gasteiger partial charge in [0.2, 0.25) is 0 Å². The first-order valence-corrected chi connectivity index (χ1v) is 4.52. The van der Waals surface area contributed by atoms with Gasteiger partial charge in [-0.1, -0.05) is 0 Å². The number of aromatic nitrogens is 1. The first-order valence-electron chi connectivity index (χ1n) is 3.73. The molecule has 1 heterocycles. The summed E-state index contributed by atoms with van der Waals surface area (Å²) in [5, 5.41) is 0. The minimum absolute atomic E-state index is 0.0530. The number of Topliss-reactive ketones (excluding diaryl/α,β-unsaturated/α-hetero) is 2. The lowest BCUT2D eigenvalue weighted by Gasteiger charge is -1.99. The Hall–Kier alpha value is -1.03. The van der Waals surface area contributed by atoms with E-state index < -0.39 is 0 Å². The second-order valence-electron chi connectivity index (χ2n) is 2.66. The maximum Gasteiger partial charge on any atom is 0.171 e. The molecular weight excluding hydrogens is 234 g/mol. The number of ketones is 2. The molecule has 0 fully saturated rings. The normalized spacial score (nSPS) is 9.69. The number of halogens is 1. The molecule has 13 heavy (non-hydrogen) atoms. The molecule has 0 aliphatic heterocycles. The summed E-state index contributed by atoms with van der Waals surface area (Å²) in [6.45, 7) is 1.40. The molecule has 0 aliphatic carbocycles. The molecular formula is C9H8BrNO2. The number of nitrogens with zero attached hydrogens (tertiary/aromatic N) is 1. The number of hydrogen-bond donors (Lipinski definition) is 0. The van der Waals surface area contributed by atoms with Gasteiger partial charge in [-0.25, -0.2) is 0 Å². The minimum Gasteiger partial charge on any atom is -0.300 e. The van der Waals surface area contributed by atoms with Crippen LogP contribution in [0.2, 0.25) is 0 Å². The molecule has 0 saturated carbocycles. The van der Waals surface area contributed by atoms with E-state index in [4.69, 9.17) is 0 Å². The molecule has 3 nitrogen and oxygen atoms in total. The largest absolute Gasteiger partial charge is 0.300 e. The van der Waals surface area contributed by atoms with Crippen molar-refractivity contribution in [3.05, 3.63) is 28.5 Å². The third-order valence-corrected chi connectivity index (χ3v) is 2.11. The van der Waals surface area contributed by atoms with Crippen LogP contribution < -0.4 is 0 Å². The van der Waals surface area contributed by atoms with Crippen LogP contribution in [0, 0.1) is 0 Å². The third kappa shape index (κ3) is 2.73. The highest BCUT2D eigenvalue weighted by Gasteiger charge is 2.11. The van der Waals surface area contributed by atoms with Gasteiger partial charge in [-0.15, -0.1) is 0 Å². The zero-order chi connectivity index (χ0) is 9.84. The van der Waals surface area contributed by atoms with Gasteiger partial charge in [-0.2, -0.15) is 0 Å². The molecule has 0 aromatic carbocycles. The number of rotatable bonds is 3. The summed E-state index contributed by atoms with van der Waals surface area (Å²) in [5.74, 6) is -0.310. The monoisotopic (exact) mass is 241 g/mol. The predicted octanol–water partition coefficient (Wildman–Crippen LogP) is 2.01. The van der Waals surface area contributed by atoms with Crippen molar-refractivity contribution in [1.82, 2.24) is 4.98 Å². The van der Waals surface area contributed by atoms with Gasteiger partial charge in [0.25, 0.3) is 0 Å². The first-order chi connectivity index (χ1) is 6.11. The number of pyridine rings is 1. The molecule has 0 unspecified atom stereocenters. The highest BCUT2D eigenvalue weighted by molar-refractivity contribution is 9.10. The van der Waals surface area contributed by atoms with Gasteiger partial charge in [-0.05, 0) is 28.9 Å². The van der Waals surface area contributed by atoms with Crippen molar-refractivity contribution in [3.63, 3.8) is 0 Å². The summed E-state index contributed by atoms with van der Waals surface area (Å²) in [7, 11) is 0. The summed E-state index contributed by atoms with van der Waals surface area (Å²) in [6, 6.07) is 1.59. The molecule has 1 aromatic rings. The second-order valence-corrected chi connectivity index (χ2v) is 3.51. The van der Waals surface area contributed by atoms with E-state index in [1.807, 2.05) is 0 Å². The van der Waals surface area contributed by atoms with Crippen LogP contribution in [0.15, 0.2) is 22.9 Å². The van der Waals surface area contributed by atoms with E-state index in [1.54, 1.807) is 6.07 Å². The zero-order valence-corrected chi connectivity index (χ0v) is 8.67. The summed E-state index contributed by atoms with van der Waals surface area (Å²) >= 11 is 3.19. The quantitative estimate of drug-likeness (QED) is 0.601. The average molecular weight is 242 g/mol. The summed E-state index contributed by atoms with van der Waals surface area (Å²) in [4.78, 5) is 25.9. The van der Waals surface area contributed by atoms with Crippen LogP contribution in [-0.2, 0) is 4.79 Å². The summed E-state index contributed by atoms with van der Waals surface area (Å²) in [6.07, 6.45) is 3.01. The van der Waals surface area contributed by atoms with Crippen molar-refractivity contribution in [1.29, 1.82) is 0 Å². The smallest absolute Gasteiger partial charge is 0.171 e. The lowest BCUT2D eigenvalue weighted by atomic mass is 10.1. The van der Waals surface area contributed by atoms with Gasteiger partial charge in [0.05, 0.1) is 6.42 Å². The Labute approximate surface area is 84.3 Å². The molecule has 0 radical (unpaired) electrons. The van der Waals surface area contributed by atoms with Crippen molar-refractivity contribution in [2.24, 2.45) is 0 Å². The van der Waals surface area contributed by atoms with E-state index in [0.29, 0.717) is 10.0 Å². The van der Waals surface area contributed by atoms with Gasteiger partial charge >= 0.3 is 0 Å². The Morgan fingerprint density at radius 1 is 1.54 bits per heavy atom. The van der Waals surface area contributed by atoms with Gasteiger partial charge in [0, 0.05) is 22.4 Å². The van der Waals surface area contributed by atoms with Crippen molar-refractivity contribution >= 4 is 27.5 Å². The lowest BCUT2D eigenvalue weighted by Crippen LogP contribution is -2.05. The number of hydrogen-bond acceptors (Lipinski definition) is 3. The second kappa shape index (κ2) is 4.28. The maximum absolute atomic E-state index is 11.4. The van der Waals surface area contributed by atoms with Crippen LogP contribution in [0.1, 0.15) is 23.7 Å². The molecule has 0 aliphatic rings. The Morgan fingerprint density at radius 2 is 2.23 bits per heavy atom. The summed E-state index contributed by atoms with van der Waals surface area (Å²) < 4.78 is 0.626. The van der Waals surface area contributed by atoms with Crippen molar-refractivity contribution < 1.29 is 9.59 Å². The van der Waals surface area contributed by atoms with Gasteiger partial charge in [0.15, 0.2) is 5.78 Å². The fraction of sp³-hybridized carbons (Fsp3) is 0.222. The van der Waals surface area contributed by atoms with Crippen molar-refractivity contribution in [2.75, 3.05) is 0 Å². The van der Waals surface area contributed by atoms with Crippen LogP contribution in [0.4, 0.5) is 0 Å². The van der Waals surface area contributed by atoms with Crippen molar-refractivity contribution in [3.8, 4) is 0 Å². The molecule has 0 N–H and O–H groups in total. The van der Waals surface area contributed by atoms with Crippen LogP contribution in [0.5, 0.6) is 0 Å². The molecule has 0 amide bonds. The van der Waals surface area contributed by atoms with E-state index in [0.717, 1.165) is 0 Å². The van der Waals surface area contributed by atoms with E-state index >= 15 is 0 Å². The SMILES string of the molecule is CC(=O)CC(=O)c1ccncc1Br. The Morgan fingerprint density at radius 3 is 2.77 bits per heavy atom. The molecule has 0 bridgehead atoms. The standard InChI is InChI=1S/C9H8BrNO2/c1-6(12)4-9(13)7-2-3-11-5-8(7)10/h2-3,5H,4H2,1H3. The van der Waals surface area contributed by atoms with E-state index in [9.17, 15) is 9.59 Å². The molecule has 1 aromatic heterocycles. The Bertz CT molecular complexity index is 349. The van der Waals surface area contributed by atoms with Crippen LogP contribution in [0.25, 0.3) is 0 Å². The highest BCUT2D eigenvalue weighted by atomic mass is 79.9. The fourth-order valence-electron chi connectivity index (χ4n) is 0.923. The van der Waals surface area contributed by atoms with Crippen LogP contribution in [-0.4, -0.2) is 16.6 Å². The van der Waals surface area contributed by atoms with E-state index in [-0.39, 0.29) is 18.0 Å². The number of carbonyl (C=O) groups excluding carboxylic acids is 2. The topological polar surface area (TPSA) is 47.0 Å².